The lowest BCUT2D eigenvalue weighted by molar-refractivity contribution is 0.436. The molecule has 0 aliphatic carbocycles. The van der Waals surface area contributed by atoms with Gasteiger partial charge in [0.05, 0.1) is 16.8 Å². The predicted octanol–water partition coefficient (Wildman–Crippen LogP) is -0.644. The average Bonchev–Trinajstić information content (AvgIpc) is 1.63. The van der Waals surface area contributed by atoms with Crippen LogP contribution in [0.5, 0.6) is 0 Å². The van der Waals surface area contributed by atoms with Gasteiger partial charge in [-0.25, -0.2) is 4.21 Å². The summed E-state index contributed by atoms with van der Waals surface area (Å²) in [6.07, 6.45) is 0. The molecule has 0 aromatic rings. The van der Waals surface area contributed by atoms with Gasteiger partial charge in [-0.15, -0.1) is 0 Å². The Morgan fingerprint density at radius 2 is 1.70 bits per heavy atom. The van der Waals surface area contributed by atoms with Crippen molar-refractivity contribution in [3.05, 3.63) is 12.0 Å². The molecule has 0 heterocycles. The second-order valence-corrected chi connectivity index (χ2v) is 2.70. The average molecular weight is 189 g/mol. The van der Waals surface area contributed by atoms with Gasteiger partial charge >= 0.3 is 0 Å². The van der Waals surface area contributed by atoms with E-state index in [9.17, 15) is 8.42 Å². The summed E-state index contributed by atoms with van der Waals surface area (Å²) in [5.74, 6) is 0. The maximum absolute atomic E-state index is 9.44. The van der Waals surface area contributed by atoms with Crippen molar-refractivity contribution in [3.63, 3.8) is 0 Å². The van der Waals surface area contributed by atoms with Crippen molar-refractivity contribution in [1.29, 1.82) is 0 Å². The summed E-state index contributed by atoms with van der Waals surface area (Å²) in [4.78, 5) is 0. The molecule has 10 heavy (non-hydrogen) atoms. The first-order chi connectivity index (χ1) is 4.29. The summed E-state index contributed by atoms with van der Waals surface area (Å²) in [5.41, 5.74) is 0. The summed E-state index contributed by atoms with van der Waals surface area (Å²) in [6.45, 7) is 2.79. The Labute approximate surface area is 60.4 Å². The van der Waals surface area contributed by atoms with Crippen molar-refractivity contribution in [2.75, 3.05) is 0 Å². The molecule has 0 saturated carbocycles. The van der Waals surface area contributed by atoms with Crippen LogP contribution in [0, 0.1) is 0 Å². The van der Waals surface area contributed by atoms with Gasteiger partial charge in [-0.3, -0.25) is 4.55 Å². The van der Waals surface area contributed by atoms with Crippen molar-refractivity contribution in [2.24, 2.45) is 0 Å². The molecule has 0 rings (SSSR count). The van der Waals surface area contributed by atoms with E-state index in [2.05, 4.69) is 6.58 Å². The molecule has 2 N–H and O–H groups in total. The van der Waals surface area contributed by atoms with Crippen LogP contribution in [0.1, 0.15) is 0 Å². The van der Waals surface area contributed by atoms with Gasteiger partial charge in [0.15, 0.2) is 0 Å². The first-order valence-corrected chi connectivity index (χ1v) is 4.21. The molecule has 0 aliphatic rings. The molecule has 8 heteroatoms. The Morgan fingerprint density at radius 3 is 1.70 bits per heavy atom. The highest BCUT2D eigenvalue weighted by atomic mass is 32.2. The summed E-state index contributed by atoms with van der Waals surface area (Å²) >= 11 is -2.86. The van der Waals surface area contributed by atoms with E-state index in [1.165, 1.54) is 0 Å². The van der Waals surface area contributed by atoms with Crippen LogP contribution >= 0.6 is 0 Å². The van der Waals surface area contributed by atoms with Gasteiger partial charge in [0.25, 0.3) is 10.1 Å². The fraction of sp³-hybridized carbons (Fsp3) is 0. The van der Waals surface area contributed by atoms with Gasteiger partial charge in [-0.2, -0.15) is 8.42 Å². The highest BCUT2D eigenvalue weighted by Gasteiger charge is 1.87. The zero-order chi connectivity index (χ0) is 8.78. The Bertz CT molecular complexity index is 186. The second kappa shape index (κ2) is 5.50. The number of hydrogen-bond acceptors (Lipinski definition) is 4. The van der Waals surface area contributed by atoms with Crippen molar-refractivity contribution in [1.82, 2.24) is 0 Å². The zero-order valence-corrected chi connectivity index (χ0v) is 6.26. The fourth-order valence-corrected chi connectivity index (χ4v) is 0. The topological polar surface area (TPSA) is 115 Å². The van der Waals surface area contributed by atoms with E-state index in [0.717, 1.165) is 0 Å². The minimum absolute atomic E-state index is 0.465. The van der Waals surface area contributed by atoms with E-state index in [4.69, 9.17) is 17.9 Å². The van der Waals surface area contributed by atoms with Gasteiger partial charge < -0.3 is 9.11 Å². The van der Waals surface area contributed by atoms with Crippen LogP contribution in [0.2, 0.25) is 0 Å². The molecule has 0 radical (unpaired) electrons. The van der Waals surface area contributed by atoms with Gasteiger partial charge in [0.1, 0.15) is 0 Å². The van der Waals surface area contributed by atoms with E-state index in [1.54, 1.807) is 0 Å². The highest BCUT2D eigenvalue weighted by molar-refractivity contribution is 7.88. The van der Waals surface area contributed by atoms with Crippen molar-refractivity contribution >= 4 is 21.5 Å². The molecule has 62 valence electrons. The first-order valence-electron chi connectivity index (χ1n) is 1.68. The molecule has 1 unspecified atom stereocenters. The third-order valence-corrected chi connectivity index (χ3v) is 0.632. The quantitative estimate of drug-likeness (QED) is 0.418. The smallest absolute Gasteiger partial charge is 0.287 e. The number of rotatable bonds is 1. The molecule has 0 amide bonds. The minimum Gasteiger partial charge on any atom is -0.750 e. The van der Waals surface area contributed by atoms with E-state index in [-0.39, 0.29) is 0 Å². The Morgan fingerprint density at radius 1 is 1.60 bits per heavy atom. The summed E-state index contributed by atoms with van der Waals surface area (Å²) in [7, 11) is -3.90. The monoisotopic (exact) mass is 189 g/mol. The van der Waals surface area contributed by atoms with E-state index < -0.39 is 21.5 Å². The van der Waals surface area contributed by atoms with Crippen molar-refractivity contribution in [3.8, 4) is 0 Å². The molecular formula is C2H5O6S2-. The van der Waals surface area contributed by atoms with Crippen LogP contribution in [0.3, 0.4) is 0 Å². The third kappa shape index (κ3) is 47.1. The van der Waals surface area contributed by atoms with Crippen molar-refractivity contribution < 1.29 is 26.3 Å². The van der Waals surface area contributed by atoms with Gasteiger partial charge in [0.2, 0.25) is 0 Å². The van der Waals surface area contributed by atoms with Crippen LogP contribution in [0.15, 0.2) is 12.0 Å². The van der Waals surface area contributed by atoms with Gasteiger partial charge in [-0.05, 0) is 0 Å². The first kappa shape index (κ1) is 12.4. The lowest BCUT2D eigenvalue weighted by Crippen LogP contribution is -1.86. The standard InChI is InChI=1S/C2H4O3S.H2O3S/c1-2-6(3,4)5;1-4(2)3/h2H,1H2,(H,3,4,5);(H2,1,2,3)/p-1. The highest BCUT2D eigenvalue weighted by Crippen LogP contribution is 1.75. The van der Waals surface area contributed by atoms with Crippen LogP contribution < -0.4 is 0 Å². The molecular weight excluding hydrogens is 184 g/mol. The van der Waals surface area contributed by atoms with Crippen molar-refractivity contribution in [2.45, 2.75) is 0 Å². The SMILES string of the molecule is C=CS(=O)(=O)O.O=S([O-])O. The van der Waals surface area contributed by atoms with Crippen LogP contribution in [0.4, 0.5) is 0 Å². The van der Waals surface area contributed by atoms with Gasteiger partial charge in [-0.1, -0.05) is 6.58 Å². The summed E-state index contributed by atoms with van der Waals surface area (Å²) < 4.78 is 50.6. The van der Waals surface area contributed by atoms with E-state index in [0.29, 0.717) is 5.41 Å². The molecule has 0 saturated heterocycles. The zero-order valence-electron chi connectivity index (χ0n) is 4.63. The van der Waals surface area contributed by atoms with Crippen LogP contribution in [0.25, 0.3) is 0 Å². The largest absolute Gasteiger partial charge is 0.750 e. The number of hydrogen-bond donors (Lipinski definition) is 2. The Hall–Kier alpha value is -0.280. The molecule has 0 spiro atoms. The Kier molecular flexibility index (Phi) is 6.82. The lowest BCUT2D eigenvalue weighted by atomic mass is 11.3. The molecule has 0 aromatic carbocycles. The second-order valence-electron chi connectivity index (χ2n) is 0.899. The van der Waals surface area contributed by atoms with E-state index in [1.807, 2.05) is 0 Å². The maximum Gasteiger partial charge on any atom is 0.287 e. The summed E-state index contributed by atoms with van der Waals surface area (Å²) in [5, 5.41) is 0.465. The molecule has 6 nitrogen and oxygen atoms in total. The third-order valence-electron chi connectivity index (χ3n) is 0.211. The van der Waals surface area contributed by atoms with Crippen LogP contribution in [-0.2, 0) is 21.5 Å². The molecule has 0 fully saturated rings. The molecule has 0 aromatic heterocycles. The maximum atomic E-state index is 9.44. The predicted molar refractivity (Wildman–Crippen MR) is 33.3 cm³/mol. The normalized spacial score (nSPS) is 12.7. The molecule has 0 bridgehead atoms. The van der Waals surface area contributed by atoms with Gasteiger partial charge in [0, 0.05) is 0 Å². The molecule has 0 aliphatic heterocycles. The summed E-state index contributed by atoms with van der Waals surface area (Å²) in [6, 6.07) is 0. The minimum atomic E-state index is -3.90. The molecule has 1 atom stereocenters. The Balaban J connectivity index is 0. The lowest BCUT2D eigenvalue weighted by Gasteiger charge is -1.83. The van der Waals surface area contributed by atoms with Crippen LogP contribution in [-0.4, -0.2) is 26.3 Å². The fourth-order valence-electron chi connectivity index (χ4n) is 0. The van der Waals surface area contributed by atoms with E-state index >= 15 is 0 Å².